The van der Waals surface area contributed by atoms with Gasteiger partial charge in [0.05, 0.1) is 44.3 Å². The Balaban J connectivity index is 0.934. The van der Waals surface area contributed by atoms with Crippen LogP contribution in [-0.2, 0) is 0 Å². The summed E-state index contributed by atoms with van der Waals surface area (Å²) in [5.74, 6) is 1.23. The molecule has 13 aromatic carbocycles. The standard InChI is InChI=1S/C80H54N8/c1-7-25-55(26-8-1)83(63-43-47-68-65-37-19-22-40-73(65)87(77(68)53-63)59-33-15-5-16-34-59)61-45-49-72-71(52-61)79(84(56-27-9-2-10-28-56)62-46-50-76-70(51-62)67-39-21-24-42-75(67)86(76)58-31-13-4-14-32-58)82-80(81-72)85(57-29-11-3-12-30-57)64-44-48-69-66-38-20-23-41-74(66)88(78(69)54-64)60-35-17-6-18-36-60/h1-54H. The molecule has 414 valence electrons. The van der Waals surface area contributed by atoms with Crippen LogP contribution in [0.4, 0.5) is 51.6 Å². The lowest BCUT2D eigenvalue weighted by atomic mass is 10.1. The molecule has 0 radical (unpaired) electrons. The second-order valence-electron chi connectivity index (χ2n) is 22.2. The van der Waals surface area contributed by atoms with E-state index >= 15 is 0 Å². The Morgan fingerprint density at radius 1 is 0.205 bits per heavy atom. The predicted molar refractivity (Wildman–Crippen MR) is 367 cm³/mol. The van der Waals surface area contributed by atoms with Gasteiger partial charge in [-0.25, -0.2) is 4.98 Å². The van der Waals surface area contributed by atoms with Crippen molar-refractivity contribution in [3.63, 3.8) is 0 Å². The van der Waals surface area contributed by atoms with Crippen molar-refractivity contribution >= 4 is 128 Å². The fourth-order valence-corrected chi connectivity index (χ4v) is 13.3. The van der Waals surface area contributed by atoms with E-state index in [4.69, 9.17) is 9.97 Å². The van der Waals surface area contributed by atoms with Crippen LogP contribution in [-0.4, -0.2) is 23.7 Å². The molecule has 0 aliphatic rings. The summed E-state index contributed by atoms with van der Waals surface area (Å²) < 4.78 is 7.12. The summed E-state index contributed by atoms with van der Waals surface area (Å²) in [5, 5.41) is 7.88. The Labute approximate surface area is 508 Å². The number of nitrogens with zero attached hydrogens (tertiary/aromatic N) is 8. The minimum atomic E-state index is 0.518. The summed E-state index contributed by atoms with van der Waals surface area (Å²) in [5.41, 5.74) is 17.5. The minimum absolute atomic E-state index is 0.518. The van der Waals surface area contributed by atoms with E-state index in [1.54, 1.807) is 0 Å². The molecule has 17 rings (SSSR count). The number of anilines is 9. The molecule has 8 heteroatoms. The highest BCUT2D eigenvalue weighted by atomic mass is 15.3. The lowest BCUT2D eigenvalue weighted by molar-refractivity contribution is 1.08. The fourth-order valence-electron chi connectivity index (χ4n) is 13.3. The quantitative estimate of drug-likeness (QED) is 0.122. The van der Waals surface area contributed by atoms with Gasteiger partial charge in [-0.2, -0.15) is 4.98 Å². The monoisotopic (exact) mass is 1130 g/mol. The van der Waals surface area contributed by atoms with E-state index in [9.17, 15) is 0 Å². The van der Waals surface area contributed by atoms with Crippen molar-refractivity contribution in [3.05, 3.63) is 328 Å². The Bertz CT molecular complexity index is 5450. The second-order valence-corrected chi connectivity index (χ2v) is 22.2. The number of fused-ring (bicyclic) bond motifs is 10. The van der Waals surface area contributed by atoms with Gasteiger partial charge in [-0.15, -0.1) is 0 Å². The highest BCUT2D eigenvalue weighted by Crippen LogP contribution is 2.47. The smallest absolute Gasteiger partial charge is 0.237 e. The van der Waals surface area contributed by atoms with Crippen molar-refractivity contribution in [3.8, 4) is 17.1 Å². The van der Waals surface area contributed by atoms with Gasteiger partial charge in [0.2, 0.25) is 5.95 Å². The highest BCUT2D eigenvalue weighted by molar-refractivity contribution is 6.13. The number of para-hydroxylation sites is 9. The van der Waals surface area contributed by atoms with Crippen molar-refractivity contribution in [1.29, 1.82) is 0 Å². The molecule has 0 N–H and O–H groups in total. The van der Waals surface area contributed by atoms with Crippen molar-refractivity contribution in [2.45, 2.75) is 0 Å². The van der Waals surface area contributed by atoms with Crippen LogP contribution in [0.5, 0.6) is 0 Å². The molecule has 0 saturated carbocycles. The van der Waals surface area contributed by atoms with Crippen LogP contribution in [0.15, 0.2) is 328 Å². The highest BCUT2D eigenvalue weighted by Gasteiger charge is 2.27. The van der Waals surface area contributed by atoms with Crippen LogP contribution < -0.4 is 14.7 Å². The van der Waals surface area contributed by atoms with Gasteiger partial charge >= 0.3 is 0 Å². The summed E-state index contributed by atoms with van der Waals surface area (Å²) in [6.07, 6.45) is 0. The summed E-state index contributed by atoms with van der Waals surface area (Å²) in [4.78, 5) is 18.6. The van der Waals surface area contributed by atoms with E-state index < -0.39 is 0 Å². The van der Waals surface area contributed by atoms with E-state index in [2.05, 4.69) is 356 Å². The molecule has 0 aliphatic carbocycles. The zero-order valence-corrected chi connectivity index (χ0v) is 47.8. The molecule has 0 aliphatic heterocycles. The molecule has 88 heavy (non-hydrogen) atoms. The normalized spacial score (nSPS) is 11.6. The topological polar surface area (TPSA) is 50.3 Å². The maximum atomic E-state index is 5.97. The van der Waals surface area contributed by atoms with Crippen LogP contribution in [0.25, 0.3) is 93.4 Å². The third-order valence-corrected chi connectivity index (χ3v) is 17.1. The molecule has 0 spiro atoms. The van der Waals surface area contributed by atoms with Crippen molar-refractivity contribution in [2.75, 3.05) is 14.7 Å². The molecule has 0 fully saturated rings. The lowest BCUT2D eigenvalue weighted by Crippen LogP contribution is -2.18. The first-order chi connectivity index (χ1) is 43.7. The summed E-state index contributed by atoms with van der Waals surface area (Å²) in [7, 11) is 0. The molecule has 4 heterocycles. The Morgan fingerprint density at radius 2 is 0.534 bits per heavy atom. The number of aromatic nitrogens is 5. The van der Waals surface area contributed by atoms with Gasteiger partial charge in [0.1, 0.15) is 0 Å². The summed E-state index contributed by atoms with van der Waals surface area (Å²) in [6.45, 7) is 0. The molecule has 4 aromatic heterocycles. The molecule has 0 amide bonds. The van der Waals surface area contributed by atoms with Crippen LogP contribution in [0.3, 0.4) is 0 Å². The number of rotatable bonds is 12. The maximum Gasteiger partial charge on any atom is 0.237 e. The van der Waals surface area contributed by atoms with Crippen LogP contribution >= 0.6 is 0 Å². The van der Waals surface area contributed by atoms with Crippen molar-refractivity contribution in [2.24, 2.45) is 0 Å². The maximum absolute atomic E-state index is 5.97. The first-order valence-electron chi connectivity index (χ1n) is 29.8. The number of hydrogen-bond acceptors (Lipinski definition) is 5. The van der Waals surface area contributed by atoms with E-state index in [-0.39, 0.29) is 0 Å². The second kappa shape index (κ2) is 21.0. The molecule has 8 nitrogen and oxygen atoms in total. The molecular formula is C80H54N8. The predicted octanol–water partition coefficient (Wildman–Crippen LogP) is 21.3. The molecule has 0 unspecified atom stereocenters. The molecule has 0 atom stereocenters. The Kier molecular flexibility index (Phi) is 12.0. The van der Waals surface area contributed by atoms with Gasteiger partial charge in [-0.3, -0.25) is 9.80 Å². The molecule has 17 aromatic rings. The van der Waals surface area contributed by atoms with Gasteiger partial charge < -0.3 is 18.6 Å². The summed E-state index contributed by atoms with van der Waals surface area (Å²) in [6, 6.07) is 117. The average molecular weight is 1130 g/mol. The van der Waals surface area contributed by atoms with Gasteiger partial charge in [0.15, 0.2) is 5.82 Å². The third kappa shape index (κ3) is 8.37. The van der Waals surface area contributed by atoms with E-state index in [1.807, 2.05) is 0 Å². The van der Waals surface area contributed by atoms with E-state index in [1.165, 1.54) is 16.2 Å². The minimum Gasteiger partial charge on any atom is -0.310 e. The molecule has 0 bridgehead atoms. The molecular weight excluding hydrogens is 1070 g/mol. The summed E-state index contributed by atoms with van der Waals surface area (Å²) >= 11 is 0. The van der Waals surface area contributed by atoms with Crippen molar-refractivity contribution < 1.29 is 0 Å². The van der Waals surface area contributed by atoms with Gasteiger partial charge in [-0.1, -0.05) is 176 Å². The SMILES string of the molecule is c1ccc(N(c2ccc3nc(N(c4ccccc4)c4ccc5c6ccccc6n(-c6ccccc6)c5c4)nc(N(c4ccccc4)c4ccc5c(c4)c4ccccc4n5-c4ccccc4)c3c2)c2ccc3c4ccccc4n(-c4ccccc4)c3c2)cc1. The third-order valence-electron chi connectivity index (χ3n) is 17.1. The Morgan fingerprint density at radius 3 is 1.03 bits per heavy atom. The van der Waals surface area contributed by atoms with Gasteiger partial charge in [0.25, 0.3) is 0 Å². The largest absolute Gasteiger partial charge is 0.310 e. The molecule has 0 saturated heterocycles. The van der Waals surface area contributed by atoms with Crippen LogP contribution in [0, 0.1) is 0 Å². The van der Waals surface area contributed by atoms with E-state index in [0.717, 1.165) is 117 Å². The van der Waals surface area contributed by atoms with Gasteiger partial charge in [-0.05, 0) is 152 Å². The Hall–Kier alpha value is -12.0. The number of benzene rings is 13. The first kappa shape index (κ1) is 50.5. The van der Waals surface area contributed by atoms with Crippen molar-refractivity contribution in [1.82, 2.24) is 23.7 Å². The number of hydrogen-bond donors (Lipinski definition) is 0. The van der Waals surface area contributed by atoms with Gasteiger partial charge in [0, 0.05) is 88.9 Å². The zero-order valence-electron chi connectivity index (χ0n) is 47.8. The van der Waals surface area contributed by atoms with E-state index in [0.29, 0.717) is 11.8 Å². The fraction of sp³-hybridized carbons (Fsp3) is 0. The van der Waals surface area contributed by atoms with Crippen LogP contribution in [0.1, 0.15) is 0 Å². The average Bonchev–Trinajstić information content (AvgIpc) is 1.77. The zero-order chi connectivity index (χ0) is 58.1. The first-order valence-corrected chi connectivity index (χ1v) is 29.8. The van der Waals surface area contributed by atoms with Crippen LogP contribution in [0.2, 0.25) is 0 Å². The lowest BCUT2D eigenvalue weighted by Gasteiger charge is -2.30.